The quantitative estimate of drug-likeness (QED) is 0.116. The Balaban J connectivity index is 1.97. The van der Waals surface area contributed by atoms with Gasteiger partial charge in [-0.15, -0.1) is 0 Å². The van der Waals surface area contributed by atoms with Gasteiger partial charge in [-0.3, -0.25) is 9.59 Å². The highest BCUT2D eigenvalue weighted by Gasteiger charge is 2.36. The summed E-state index contributed by atoms with van der Waals surface area (Å²) in [5.74, 6) is -0.0540. The van der Waals surface area contributed by atoms with Crippen LogP contribution in [0.15, 0.2) is 85.1 Å². The number of esters is 1. The molecule has 1 fully saturated rings. The topological polar surface area (TPSA) is 84.5 Å². The molecule has 1 aliphatic rings. The van der Waals surface area contributed by atoms with E-state index in [0.717, 1.165) is 57.4 Å². The number of methoxy groups -OCH3 is 1. The summed E-state index contributed by atoms with van der Waals surface area (Å²) in [6.45, 7) is 3.33. The van der Waals surface area contributed by atoms with Crippen molar-refractivity contribution in [1.82, 2.24) is 10.6 Å². The lowest BCUT2D eigenvalue weighted by atomic mass is 10.2. The number of carbonyl (C=O) groups excluding carboxylic acids is 3. The van der Waals surface area contributed by atoms with Gasteiger partial charge in [0.2, 0.25) is 11.8 Å². The molecule has 0 aliphatic heterocycles. The number of ether oxygens (including phenoxy) is 1. The van der Waals surface area contributed by atoms with E-state index in [1.165, 1.54) is 13.2 Å². The Labute approximate surface area is 229 Å². The van der Waals surface area contributed by atoms with Crippen LogP contribution in [0.4, 0.5) is 0 Å². The van der Waals surface area contributed by atoms with Crippen LogP contribution >= 0.6 is 0 Å². The Kier molecular flexibility index (Phi) is 19.5. The molecule has 2 amide bonds. The van der Waals surface area contributed by atoms with E-state index in [0.29, 0.717) is 31.3 Å². The third-order valence-corrected chi connectivity index (χ3v) is 5.88. The van der Waals surface area contributed by atoms with Gasteiger partial charge in [0, 0.05) is 31.7 Å². The molecule has 1 saturated carbocycles. The summed E-state index contributed by atoms with van der Waals surface area (Å²) in [7, 11) is 1.26. The summed E-state index contributed by atoms with van der Waals surface area (Å²) >= 11 is 0. The normalized spacial score (nSPS) is 17.7. The zero-order chi connectivity index (χ0) is 27.7. The van der Waals surface area contributed by atoms with Crippen LogP contribution < -0.4 is 10.6 Å². The van der Waals surface area contributed by atoms with Crippen LogP contribution in [-0.2, 0) is 19.1 Å². The van der Waals surface area contributed by atoms with Crippen molar-refractivity contribution in [2.24, 2.45) is 11.8 Å². The predicted molar refractivity (Wildman–Crippen MR) is 156 cm³/mol. The second-order valence-electron chi connectivity index (χ2n) is 9.12. The molecule has 0 spiro atoms. The number of nitrogens with one attached hydrogen (secondary N) is 2. The van der Waals surface area contributed by atoms with Crippen molar-refractivity contribution in [3.63, 3.8) is 0 Å². The molecule has 6 heteroatoms. The number of amides is 2. The molecule has 38 heavy (non-hydrogen) atoms. The van der Waals surface area contributed by atoms with Gasteiger partial charge >= 0.3 is 5.97 Å². The second-order valence-corrected chi connectivity index (χ2v) is 9.12. The van der Waals surface area contributed by atoms with E-state index in [-0.39, 0.29) is 11.8 Å². The minimum atomic E-state index is -0.559. The molecule has 6 nitrogen and oxygen atoms in total. The number of carbonyl (C=O) groups is 3. The van der Waals surface area contributed by atoms with Gasteiger partial charge in [0.05, 0.1) is 7.11 Å². The van der Waals surface area contributed by atoms with Gasteiger partial charge in [0.1, 0.15) is 0 Å². The first-order chi connectivity index (χ1) is 18.6. The van der Waals surface area contributed by atoms with Crippen molar-refractivity contribution in [2.45, 2.75) is 64.7 Å². The number of rotatable bonds is 20. The minimum Gasteiger partial charge on any atom is -0.466 e. The molecule has 0 aromatic carbocycles. The van der Waals surface area contributed by atoms with E-state index in [2.05, 4.69) is 95.2 Å². The van der Waals surface area contributed by atoms with Gasteiger partial charge in [0.15, 0.2) is 0 Å². The average Bonchev–Trinajstić information content (AvgIpc) is 3.69. The molecule has 2 atom stereocenters. The van der Waals surface area contributed by atoms with Crippen LogP contribution in [0.3, 0.4) is 0 Å². The maximum absolute atomic E-state index is 12.0. The first-order valence-electron chi connectivity index (χ1n) is 13.8. The van der Waals surface area contributed by atoms with Gasteiger partial charge in [-0.05, 0) is 63.2 Å². The molecule has 0 aromatic rings. The van der Waals surface area contributed by atoms with Crippen LogP contribution in [0, 0.1) is 11.8 Å². The van der Waals surface area contributed by atoms with Crippen LogP contribution in [0.5, 0.6) is 0 Å². The highest BCUT2D eigenvalue weighted by atomic mass is 16.5. The average molecular weight is 523 g/mol. The lowest BCUT2D eigenvalue weighted by Gasteiger charge is -2.04. The molecule has 0 radical (unpaired) electrons. The molecule has 0 heterocycles. The van der Waals surface area contributed by atoms with Gasteiger partial charge in [-0.25, -0.2) is 4.79 Å². The number of hydrogen-bond donors (Lipinski definition) is 2. The molecule has 1 rings (SSSR count). The molecule has 1 aliphatic carbocycles. The molecule has 208 valence electrons. The van der Waals surface area contributed by atoms with Crippen LogP contribution in [-0.4, -0.2) is 38.0 Å². The zero-order valence-corrected chi connectivity index (χ0v) is 23.1. The lowest BCUT2D eigenvalue weighted by molar-refractivity contribution is -0.135. The summed E-state index contributed by atoms with van der Waals surface area (Å²) in [5.41, 5.74) is 0. The van der Waals surface area contributed by atoms with Crippen LogP contribution in [0.2, 0.25) is 0 Å². The molecular formula is C32H46N2O4. The van der Waals surface area contributed by atoms with E-state index in [1.807, 2.05) is 0 Å². The van der Waals surface area contributed by atoms with Gasteiger partial charge in [-0.1, -0.05) is 79.8 Å². The Morgan fingerprint density at radius 3 is 1.66 bits per heavy atom. The van der Waals surface area contributed by atoms with Crippen LogP contribution in [0.1, 0.15) is 64.7 Å². The highest BCUT2D eigenvalue weighted by molar-refractivity contribution is 5.94. The van der Waals surface area contributed by atoms with Crippen molar-refractivity contribution < 1.29 is 19.1 Å². The summed E-state index contributed by atoms with van der Waals surface area (Å²) < 4.78 is 4.44. The maximum Gasteiger partial charge on any atom is 0.330 e. The molecule has 0 aromatic heterocycles. The van der Waals surface area contributed by atoms with E-state index in [9.17, 15) is 14.4 Å². The smallest absolute Gasteiger partial charge is 0.330 e. The highest BCUT2D eigenvalue weighted by Crippen LogP contribution is 2.37. The van der Waals surface area contributed by atoms with E-state index in [4.69, 9.17) is 0 Å². The van der Waals surface area contributed by atoms with Crippen molar-refractivity contribution in [2.75, 3.05) is 20.2 Å². The largest absolute Gasteiger partial charge is 0.466 e. The fourth-order valence-electron chi connectivity index (χ4n) is 3.50. The Bertz CT molecular complexity index is 893. The Hall–Kier alpha value is -3.41. The van der Waals surface area contributed by atoms with Crippen molar-refractivity contribution in [1.29, 1.82) is 0 Å². The third-order valence-electron chi connectivity index (χ3n) is 5.88. The van der Waals surface area contributed by atoms with E-state index >= 15 is 0 Å². The summed E-state index contributed by atoms with van der Waals surface area (Å²) in [5, 5.41) is 5.74. The number of allylic oxidation sites excluding steroid dienone is 12. The Morgan fingerprint density at radius 2 is 1.16 bits per heavy atom. The monoisotopic (exact) mass is 522 g/mol. The minimum absolute atomic E-state index is 0.0558. The van der Waals surface area contributed by atoms with Crippen molar-refractivity contribution in [3.05, 3.63) is 85.1 Å². The molecule has 0 bridgehead atoms. The summed E-state index contributed by atoms with van der Waals surface area (Å²) in [6, 6.07) is 0. The van der Waals surface area contributed by atoms with Gasteiger partial charge in [-0.2, -0.15) is 0 Å². The standard InChI is InChI=1S/C32H46N2O4/c1-3-4-5-6-7-8-9-10-11-12-13-14-15-16-17-18-19-20-21-22-30(35)33-26-28-25-29(28)27-34-31(36)23-24-32(37)38-2/h4-5,7-8,10-11,13-14,16-17,19-20,23-24,28-29H,3,6,9,12,15,18,21-22,25-27H2,1-2H3,(H,33,35)(H,34,36)/b5-4-,8-7-,11-10-,14-13-,17-16-,20-19-,24-23+. The second kappa shape index (κ2) is 22.8. The van der Waals surface area contributed by atoms with Crippen molar-refractivity contribution >= 4 is 17.8 Å². The lowest BCUT2D eigenvalue weighted by Crippen LogP contribution is -2.28. The van der Waals surface area contributed by atoms with Gasteiger partial charge < -0.3 is 15.4 Å². The zero-order valence-electron chi connectivity index (χ0n) is 23.1. The summed E-state index contributed by atoms with van der Waals surface area (Å²) in [6.07, 6.45) is 36.3. The SMILES string of the molecule is CC/C=C\C/C=C\C/C=C\C/C=C\C/C=C\C/C=C\CCC(=O)NCC1CC1CNC(=O)/C=C/C(=O)OC. The fraction of sp³-hybridized carbons (Fsp3) is 0.469. The van der Waals surface area contributed by atoms with E-state index < -0.39 is 5.97 Å². The molecule has 0 saturated heterocycles. The molecule has 2 N–H and O–H groups in total. The van der Waals surface area contributed by atoms with E-state index in [1.54, 1.807) is 0 Å². The van der Waals surface area contributed by atoms with Crippen molar-refractivity contribution in [3.8, 4) is 0 Å². The Morgan fingerprint density at radius 1 is 0.684 bits per heavy atom. The van der Waals surface area contributed by atoms with Crippen LogP contribution in [0.25, 0.3) is 0 Å². The molecular weight excluding hydrogens is 476 g/mol. The maximum atomic E-state index is 12.0. The summed E-state index contributed by atoms with van der Waals surface area (Å²) in [4.78, 5) is 34.6. The first kappa shape index (κ1) is 32.6. The predicted octanol–water partition coefficient (Wildman–Crippen LogP) is 6.06. The number of hydrogen-bond acceptors (Lipinski definition) is 4. The fourth-order valence-corrected chi connectivity index (χ4v) is 3.50. The first-order valence-corrected chi connectivity index (χ1v) is 13.8. The van der Waals surface area contributed by atoms with Gasteiger partial charge in [0.25, 0.3) is 0 Å². The molecule has 2 unspecified atom stereocenters. The third kappa shape index (κ3) is 19.7.